The first kappa shape index (κ1) is 15.0. The highest BCUT2D eigenvalue weighted by Gasteiger charge is 2.11. The number of hydrogen-bond acceptors (Lipinski definition) is 2. The Kier molecular flexibility index (Phi) is 4.77. The molecule has 0 amide bonds. The molecule has 20 heavy (non-hydrogen) atoms. The average molecular weight is 285 g/mol. The summed E-state index contributed by atoms with van der Waals surface area (Å²) in [5.74, 6) is 0. The summed E-state index contributed by atoms with van der Waals surface area (Å²) in [7, 11) is 0. The molecule has 2 heteroatoms. The number of rotatable bonds is 4. The molecule has 2 aromatic rings. The first-order valence-electron chi connectivity index (χ1n) is 7.00. The van der Waals surface area contributed by atoms with Crippen LogP contribution >= 0.6 is 11.8 Å². The zero-order chi connectivity index (χ0) is 14.7. The van der Waals surface area contributed by atoms with Gasteiger partial charge in [0.1, 0.15) is 0 Å². The van der Waals surface area contributed by atoms with E-state index in [0.717, 1.165) is 0 Å². The van der Waals surface area contributed by atoms with Gasteiger partial charge in [-0.1, -0.05) is 24.3 Å². The molecule has 1 atom stereocenters. The molecule has 0 aliphatic carbocycles. The molecule has 1 nitrogen and oxygen atoms in total. The van der Waals surface area contributed by atoms with Gasteiger partial charge in [-0.15, -0.1) is 11.8 Å². The van der Waals surface area contributed by atoms with Crippen LogP contribution in [0, 0.1) is 20.8 Å². The fourth-order valence-electron chi connectivity index (χ4n) is 2.52. The van der Waals surface area contributed by atoms with Crippen molar-refractivity contribution in [3.63, 3.8) is 0 Å². The lowest BCUT2D eigenvalue weighted by Gasteiger charge is -2.21. The third kappa shape index (κ3) is 3.18. The minimum Gasteiger partial charge on any atom is -0.378 e. The first-order valence-corrected chi connectivity index (χ1v) is 8.22. The Hall–Kier alpha value is -1.41. The summed E-state index contributed by atoms with van der Waals surface area (Å²) in [6.45, 7) is 8.78. The van der Waals surface area contributed by atoms with E-state index in [4.69, 9.17) is 0 Å². The van der Waals surface area contributed by atoms with Crippen molar-refractivity contribution >= 4 is 17.4 Å². The van der Waals surface area contributed by atoms with Crippen molar-refractivity contribution in [3.8, 4) is 0 Å². The van der Waals surface area contributed by atoms with Crippen molar-refractivity contribution in [2.75, 3.05) is 11.6 Å². The standard InChI is InChI=1S/C18H23NS/c1-12-10-14(3)16(11-13(12)2)15(4)19-17-8-6-7-9-18(17)20-5/h6-11,15,19H,1-5H3. The van der Waals surface area contributed by atoms with E-state index in [1.165, 1.54) is 32.8 Å². The lowest BCUT2D eigenvalue weighted by Crippen LogP contribution is -2.09. The van der Waals surface area contributed by atoms with Crippen LogP contribution in [0.15, 0.2) is 41.3 Å². The molecule has 106 valence electrons. The Labute approximate surface area is 126 Å². The van der Waals surface area contributed by atoms with Gasteiger partial charge in [-0.05, 0) is 68.3 Å². The topological polar surface area (TPSA) is 12.0 Å². The Balaban J connectivity index is 2.28. The van der Waals surface area contributed by atoms with Crippen molar-refractivity contribution in [1.29, 1.82) is 0 Å². The van der Waals surface area contributed by atoms with Crippen LogP contribution < -0.4 is 5.32 Å². The third-order valence-electron chi connectivity index (χ3n) is 3.83. The maximum Gasteiger partial charge on any atom is 0.0488 e. The second-order valence-electron chi connectivity index (χ2n) is 5.36. The summed E-state index contributed by atoms with van der Waals surface area (Å²) >= 11 is 1.78. The highest BCUT2D eigenvalue weighted by molar-refractivity contribution is 7.98. The van der Waals surface area contributed by atoms with E-state index in [-0.39, 0.29) is 0 Å². The molecule has 0 spiro atoms. The molecule has 0 radical (unpaired) electrons. The van der Waals surface area contributed by atoms with Crippen molar-refractivity contribution in [1.82, 2.24) is 0 Å². The van der Waals surface area contributed by atoms with Gasteiger partial charge in [0.15, 0.2) is 0 Å². The van der Waals surface area contributed by atoms with Crippen LogP contribution in [0.1, 0.15) is 35.2 Å². The van der Waals surface area contributed by atoms with Gasteiger partial charge in [0, 0.05) is 16.6 Å². The molecule has 2 rings (SSSR count). The molecule has 1 unspecified atom stereocenters. The zero-order valence-electron chi connectivity index (χ0n) is 12.9. The normalized spacial score (nSPS) is 12.2. The molecule has 0 saturated carbocycles. The summed E-state index contributed by atoms with van der Waals surface area (Å²) in [5.41, 5.74) is 6.67. The number of nitrogens with one attached hydrogen (secondary N) is 1. The molecule has 0 bridgehead atoms. The maximum absolute atomic E-state index is 3.64. The van der Waals surface area contributed by atoms with E-state index >= 15 is 0 Å². The molecule has 0 heterocycles. The van der Waals surface area contributed by atoms with Crippen molar-refractivity contribution in [3.05, 3.63) is 58.7 Å². The molecular formula is C18H23NS. The first-order chi connectivity index (χ1) is 9.52. The minimum atomic E-state index is 0.308. The summed E-state index contributed by atoms with van der Waals surface area (Å²) in [4.78, 5) is 1.29. The Morgan fingerprint density at radius 1 is 0.950 bits per heavy atom. The Morgan fingerprint density at radius 3 is 2.30 bits per heavy atom. The van der Waals surface area contributed by atoms with Crippen LogP contribution in [0.5, 0.6) is 0 Å². The number of thioether (sulfide) groups is 1. The quantitative estimate of drug-likeness (QED) is 0.744. The summed E-state index contributed by atoms with van der Waals surface area (Å²) in [5, 5.41) is 3.64. The predicted molar refractivity (Wildman–Crippen MR) is 90.9 cm³/mol. The maximum atomic E-state index is 3.64. The fraction of sp³-hybridized carbons (Fsp3) is 0.333. The monoisotopic (exact) mass is 285 g/mol. The molecule has 0 fully saturated rings. The van der Waals surface area contributed by atoms with E-state index in [9.17, 15) is 0 Å². The van der Waals surface area contributed by atoms with Gasteiger partial charge in [0.05, 0.1) is 0 Å². The highest BCUT2D eigenvalue weighted by Crippen LogP contribution is 2.30. The molecule has 0 aliphatic rings. The second-order valence-corrected chi connectivity index (χ2v) is 6.21. The number of anilines is 1. The van der Waals surface area contributed by atoms with Crippen LogP contribution in [0.25, 0.3) is 0 Å². The number of aryl methyl sites for hydroxylation is 3. The fourth-order valence-corrected chi connectivity index (χ4v) is 3.09. The smallest absolute Gasteiger partial charge is 0.0488 e. The summed E-state index contributed by atoms with van der Waals surface area (Å²) in [6, 6.07) is 13.4. The van der Waals surface area contributed by atoms with E-state index in [1.54, 1.807) is 11.8 Å². The summed E-state index contributed by atoms with van der Waals surface area (Å²) < 4.78 is 0. The van der Waals surface area contributed by atoms with Gasteiger partial charge in [-0.25, -0.2) is 0 Å². The van der Waals surface area contributed by atoms with Crippen LogP contribution in [0.2, 0.25) is 0 Å². The van der Waals surface area contributed by atoms with Crippen molar-refractivity contribution in [2.24, 2.45) is 0 Å². The Bertz CT molecular complexity index is 604. The number of para-hydroxylation sites is 1. The van der Waals surface area contributed by atoms with Gasteiger partial charge < -0.3 is 5.32 Å². The molecule has 1 N–H and O–H groups in total. The van der Waals surface area contributed by atoms with E-state index in [1.807, 2.05) is 0 Å². The van der Waals surface area contributed by atoms with Gasteiger partial charge in [0.2, 0.25) is 0 Å². The largest absolute Gasteiger partial charge is 0.378 e. The van der Waals surface area contributed by atoms with Gasteiger partial charge >= 0.3 is 0 Å². The summed E-state index contributed by atoms with van der Waals surface area (Å²) in [6.07, 6.45) is 2.12. The van der Waals surface area contributed by atoms with E-state index in [0.29, 0.717) is 6.04 Å². The highest BCUT2D eigenvalue weighted by atomic mass is 32.2. The minimum absolute atomic E-state index is 0.308. The van der Waals surface area contributed by atoms with Crippen LogP contribution in [-0.4, -0.2) is 6.26 Å². The van der Waals surface area contributed by atoms with Crippen molar-refractivity contribution < 1.29 is 0 Å². The molecule has 0 aromatic heterocycles. The molecule has 0 saturated heterocycles. The van der Waals surface area contributed by atoms with Gasteiger partial charge in [-0.2, -0.15) is 0 Å². The predicted octanol–water partition coefficient (Wildman–Crippen LogP) is 5.51. The van der Waals surface area contributed by atoms with E-state index < -0.39 is 0 Å². The lowest BCUT2D eigenvalue weighted by molar-refractivity contribution is 0.866. The van der Waals surface area contributed by atoms with Crippen LogP contribution in [0.3, 0.4) is 0 Å². The average Bonchev–Trinajstić information content (AvgIpc) is 2.43. The van der Waals surface area contributed by atoms with E-state index in [2.05, 4.69) is 75.7 Å². The number of hydrogen-bond donors (Lipinski definition) is 1. The second kappa shape index (κ2) is 6.36. The molecule has 2 aromatic carbocycles. The molecule has 0 aliphatic heterocycles. The SMILES string of the molecule is CSc1ccccc1NC(C)c1cc(C)c(C)cc1C. The van der Waals surface area contributed by atoms with Crippen LogP contribution in [-0.2, 0) is 0 Å². The van der Waals surface area contributed by atoms with Crippen LogP contribution in [0.4, 0.5) is 5.69 Å². The zero-order valence-corrected chi connectivity index (χ0v) is 13.8. The van der Waals surface area contributed by atoms with Gasteiger partial charge in [-0.3, -0.25) is 0 Å². The third-order valence-corrected chi connectivity index (χ3v) is 4.62. The van der Waals surface area contributed by atoms with Gasteiger partial charge in [0.25, 0.3) is 0 Å². The molecular weight excluding hydrogens is 262 g/mol. The lowest BCUT2D eigenvalue weighted by atomic mass is 9.96. The van der Waals surface area contributed by atoms with Crippen molar-refractivity contribution in [2.45, 2.75) is 38.6 Å². The number of benzene rings is 2. The Morgan fingerprint density at radius 2 is 1.60 bits per heavy atom.